The topological polar surface area (TPSA) is 59.8 Å². The van der Waals surface area contributed by atoms with E-state index in [9.17, 15) is 4.79 Å². The van der Waals surface area contributed by atoms with E-state index >= 15 is 0 Å². The van der Waals surface area contributed by atoms with Crippen molar-refractivity contribution in [1.82, 2.24) is 14.8 Å². The van der Waals surface area contributed by atoms with E-state index in [1.807, 2.05) is 36.4 Å². The van der Waals surface area contributed by atoms with Gasteiger partial charge in [-0.3, -0.25) is 4.79 Å². The van der Waals surface area contributed by atoms with Crippen LogP contribution in [0, 0.1) is 11.3 Å². The summed E-state index contributed by atoms with van der Waals surface area (Å²) in [5.74, 6) is 0.940. The second kappa shape index (κ2) is 6.96. The lowest BCUT2D eigenvalue weighted by atomic mass is 9.72. The Balaban J connectivity index is 1.72. The maximum Gasteiger partial charge on any atom is 0.226 e. The molecule has 3 aromatic rings. The van der Waals surface area contributed by atoms with Gasteiger partial charge in [-0.05, 0) is 23.1 Å². The van der Waals surface area contributed by atoms with Gasteiger partial charge in [0.25, 0.3) is 0 Å². The Morgan fingerprint density at radius 1 is 1.13 bits per heavy atom. The molecule has 0 saturated heterocycles. The number of ketones is 1. The fourth-order valence-electron chi connectivity index (χ4n) is 4.39. The van der Waals surface area contributed by atoms with Crippen molar-refractivity contribution in [3.63, 3.8) is 0 Å². The highest BCUT2D eigenvalue weighted by atomic mass is 35.5. The lowest BCUT2D eigenvalue weighted by Gasteiger charge is -2.40. The molecule has 0 bridgehead atoms. The summed E-state index contributed by atoms with van der Waals surface area (Å²) in [6.45, 7) is 4.13. The Kier molecular flexibility index (Phi) is 4.49. The molecule has 2 aliphatic rings. The van der Waals surface area contributed by atoms with E-state index < -0.39 is 12.0 Å². The molecule has 1 aliphatic carbocycles. The van der Waals surface area contributed by atoms with Crippen molar-refractivity contribution in [1.29, 1.82) is 0 Å². The maximum atomic E-state index is 13.3. The molecule has 2 unspecified atom stereocenters. The number of rotatable bonds is 2. The van der Waals surface area contributed by atoms with Crippen LogP contribution in [-0.4, -0.2) is 20.5 Å². The molecule has 2 aromatic carbocycles. The van der Waals surface area contributed by atoms with Gasteiger partial charge < -0.3 is 5.32 Å². The Morgan fingerprint density at radius 3 is 2.63 bits per heavy atom. The van der Waals surface area contributed by atoms with Crippen LogP contribution in [0.25, 0.3) is 11.4 Å². The average Bonchev–Trinajstić information content (AvgIpc) is 3.10. The number of anilines is 1. The number of hydrogen-bond donors (Lipinski definition) is 1. The Labute approximate surface area is 184 Å². The summed E-state index contributed by atoms with van der Waals surface area (Å²) in [5, 5.41) is 9.20. The molecule has 0 spiro atoms. The standard InChI is InChI=1S/C23H20Cl2N4O/c1-23(2)11-17-19(18(30)12-23)20(15-9-8-14(24)10-16(15)25)29-22(26-17)27-21(28-29)13-6-4-3-5-7-13/h3-11,19-20H,12H2,1-2H3,(H,26,27,28). The highest BCUT2D eigenvalue weighted by Crippen LogP contribution is 2.47. The third-order valence-corrected chi connectivity index (χ3v) is 6.20. The zero-order chi connectivity index (χ0) is 21.0. The van der Waals surface area contributed by atoms with Gasteiger partial charge in [-0.1, -0.05) is 79.5 Å². The van der Waals surface area contributed by atoms with Crippen LogP contribution < -0.4 is 5.32 Å². The van der Waals surface area contributed by atoms with Crippen LogP contribution >= 0.6 is 23.2 Å². The van der Waals surface area contributed by atoms with E-state index in [-0.39, 0.29) is 11.2 Å². The van der Waals surface area contributed by atoms with E-state index in [4.69, 9.17) is 33.3 Å². The van der Waals surface area contributed by atoms with Crippen LogP contribution in [0.2, 0.25) is 10.0 Å². The molecule has 2 heterocycles. The van der Waals surface area contributed by atoms with Gasteiger partial charge in [-0.25, -0.2) is 4.68 Å². The Bertz CT molecular complexity index is 1180. The second-order valence-corrected chi connectivity index (χ2v) is 9.36. The first-order valence-corrected chi connectivity index (χ1v) is 10.6. The number of halogens is 2. The van der Waals surface area contributed by atoms with Crippen molar-refractivity contribution in [2.75, 3.05) is 5.32 Å². The van der Waals surface area contributed by atoms with E-state index in [0.29, 0.717) is 28.2 Å². The van der Waals surface area contributed by atoms with Gasteiger partial charge in [0, 0.05) is 27.7 Å². The summed E-state index contributed by atoms with van der Waals surface area (Å²) in [7, 11) is 0. The molecule has 0 amide bonds. The highest BCUT2D eigenvalue weighted by Gasteiger charge is 2.45. The van der Waals surface area contributed by atoms with Crippen LogP contribution in [0.5, 0.6) is 0 Å². The number of fused-ring (bicyclic) bond motifs is 2. The zero-order valence-corrected chi connectivity index (χ0v) is 18.1. The number of aromatic nitrogens is 3. The first kappa shape index (κ1) is 19.3. The van der Waals surface area contributed by atoms with Crippen molar-refractivity contribution < 1.29 is 4.79 Å². The summed E-state index contributed by atoms with van der Waals surface area (Å²) in [6, 6.07) is 14.8. The van der Waals surface area contributed by atoms with Crippen molar-refractivity contribution in [3.8, 4) is 11.4 Å². The van der Waals surface area contributed by atoms with Crippen molar-refractivity contribution in [2.45, 2.75) is 26.3 Å². The summed E-state index contributed by atoms with van der Waals surface area (Å²) in [5.41, 5.74) is 2.34. The number of benzene rings is 2. The van der Waals surface area contributed by atoms with Crippen LogP contribution in [0.3, 0.4) is 0 Å². The number of allylic oxidation sites excluding steroid dienone is 2. The van der Waals surface area contributed by atoms with Gasteiger partial charge in [-0.2, -0.15) is 4.98 Å². The summed E-state index contributed by atoms with van der Waals surface area (Å²) >= 11 is 12.7. The van der Waals surface area contributed by atoms with E-state index in [0.717, 1.165) is 16.8 Å². The highest BCUT2D eigenvalue weighted by molar-refractivity contribution is 6.35. The Morgan fingerprint density at radius 2 is 1.90 bits per heavy atom. The van der Waals surface area contributed by atoms with Crippen molar-refractivity contribution in [3.05, 3.63) is 75.9 Å². The minimum atomic E-state index is -0.408. The van der Waals surface area contributed by atoms with Gasteiger partial charge in [-0.15, -0.1) is 5.10 Å². The molecule has 1 N–H and O–H groups in total. The van der Waals surface area contributed by atoms with Gasteiger partial charge in [0.05, 0.1) is 12.0 Å². The second-order valence-electron chi connectivity index (χ2n) is 8.51. The first-order valence-electron chi connectivity index (χ1n) is 9.82. The number of nitrogens with zero attached hydrogens (tertiary/aromatic N) is 3. The molecule has 1 aromatic heterocycles. The zero-order valence-electron chi connectivity index (χ0n) is 16.6. The molecule has 5 rings (SSSR count). The quantitative estimate of drug-likeness (QED) is 0.551. The van der Waals surface area contributed by atoms with Gasteiger partial charge in [0.2, 0.25) is 5.95 Å². The van der Waals surface area contributed by atoms with Crippen molar-refractivity contribution >= 4 is 34.9 Å². The fourth-order valence-corrected chi connectivity index (χ4v) is 4.91. The lowest BCUT2D eigenvalue weighted by Crippen LogP contribution is -2.42. The van der Waals surface area contributed by atoms with Gasteiger partial charge in [0.15, 0.2) is 5.82 Å². The van der Waals surface area contributed by atoms with Gasteiger partial charge >= 0.3 is 0 Å². The lowest BCUT2D eigenvalue weighted by molar-refractivity contribution is -0.125. The average molecular weight is 439 g/mol. The predicted molar refractivity (Wildman–Crippen MR) is 119 cm³/mol. The molecule has 152 valence electrons. The molecule has 30 heavy (non-hydrogen) atoms. The summed E-state index contributed by atoms with van der Waals surface area (Å²) < 4.78 is 1.79. The SMILES string of the molecule is CC1(C)C=C2Nc3nc(-c4ccccc4)nn3C(c3ccc(Cl)cc3Cl)C2C(=O)C1. The van der Waals surface area contributed by atoms with E-state index in [2.05, 4.69) is 25.2 Å². The maximum absolute atomic E-state index is 13.3. The van der Waals surface area contributed by atoms with Gasteiger partial charge in [0.1, 0.15) is 5.78 Å². The number of carbonyl (C=O) groups excluding carboxylic acids is 1. The monoisotopic (exact) mass is 438 g/mol. The Hall–Kier alpha value is -2.63. The van der Waals surface area contributed by atoms with Crippen LogP contribution in [0.4, 0.5) is 5.95 Å². The third-order valence-electron chi connectivity index (χ3n) is 5.64. The van der Waals surface area contributed by atoms with E-state index in [1.54, 1.807) is 16.8 Å². The number of nitrogens with one attached hydrogen (secondary N) is 1. The minimum Gasteiger partial charge on any atom is -0.328 e. The molecule has 2 atom stereocenters. The number of hydrogen-bond acceptors (Lipinski definition) is 4. The van der Waals surface area contributed by atoms with Crippen LogP contribution in [0.15, 0.2) is 60.3 Å². The fraction of sp³-hybridized carbons (Fsp3) is 0.261. The smallest absolute Gasteiger partial charge is 0.226 e. The molecule has 0 radical (unpaired) electrons. The molecule has 1 aliphatic heterocycles. The first-order chi connectivity index (χ1) is 14.3. The summed E-state index contributed by atoms with van der Waals surface area (Å²) in [4.78, 5) is 18.0. The number of Topliss-reactive ketones (excluding diaryl/α,β-unsaturated/α-hetero) is 1. The van der Waals surface area contributed by atoms with Crippen LogP contribution in [0.1, 0.15) is 31.9 Å². The van der Waals surface area contributed by atoms with E-state index in [1.165, 1.54) is 0 Å². The molecular formula is C23H20Cl2N4O. The van der Waals surface area contributed by atoms with Crippen LogP contribution in [-0.2, 0) is 4.79 Å². The molecule has 7 heteroatoms. The summed E-state index contributed by atoms with van der Waals surface area (Å²) in [6.07, 6.45) is 2.59. The largest absolute Gasteiger partial charge is 0.328 e. The molecule has 0 fully saturated rings. The normalized spacial score (nSPS) is 22.0. The molecular weight excluding hydrogens is 419 g/mol. The molecule has 5 nitrogen and oxygen atoms in total. The van der Waals surface area contributed by atoms with Crippen molar-refractivity contribution in [2.24, 2.45) is 11.3 Å². The molecule has 0 saturated carbocycles. The predicted octanol–water partition coefficient (Wildman–Crippen LogP) is 5.77. The number of carbonyl (C=O) groups is 1. The minimum absolute atomic E-state index is 0.156. The third kappa shape index (κ3) is 3.22.